The molecule has 5 nitrogen and oxygen atoms in total. The van der Waals surface area contributed by atoms with E-state index < -0.39 is 5.91 Å². The Morgan fingerprint density at radius 3 is 2.25 bits per heavy atom. The number of benzene rings is 1. The Bertz CT molecular complexity index is 614. The van der Waals surface area contributed by atoms with Crippen molar-refractivity contribution in [2.45, 2.75) is 27.7 Å². The summed E-state index contributed by atoms with van der Waals surface area (Å²) in [4.78, 5) is 25.7. The molecule has 0 aliphatic heterocycles. The minimum atomic E-state index is -0.603. The molecule has 0 spiro atoms. The van der Waals surface area contributed by atoms with Crippen LogP contribution in [0.25, 0.3) is 0 Å². The number of carbonyl (C=O) groups is 2. The molecule has 130 valence electrons. The van der Waals surface area contributed by atoms with Gasteiger partial charge in [0.1, 0.15) is 0 Å². The number of allylic oxidation sites excluding steroid dienone is 3. The van der Waals surface area contributed by atoms with Gasteiger partial charge in [-0.25, -0.2) is 5.48 Å². The fourth-order valence-corrected chi connectivity index (χ4v) is 2.46. The Balaban J connectivity index is 2.82. The number of Topliss-reactive ketones (excluding diaryl/α,β-unsaturated/α-hetero) is 1. The van der Waals surface area contributed by atoms with Crippen molar-refractivity contribution in [3.8, 4) is 0 Å². The number of hydroxylamine groups is 1. The molecule has 2 N–H and O–H groups in total. The fourth-order valence-electron chi connectivity index (χ4n) is 2.46. The molecule has 0 aliphatic carbocycles. The number of hydrogen-bond donors (Lipinski definition) is 2. The van der Waals surface area contributed by atoms with Crippen LogP contribution in [-0.4, -0.2) is 30.0 Å². The first-order valence-electron chi connectivity index (χ1n) is 8.12. The molecule has 1 rings (SSSR count). The van der Waals surface area contributed by atoms with E-state index in [4.69, 9.17) is 5.21 Å². The number of amides is 1. The van der Waals surface area contributed by atoms with Crippen molar-refractivity contribution in [2.24, 2.45) is 5.92 Å². The normalized spacial score (nSPS) is 13.0. The number of carbonyl (C=O) groups excluding carboxylic acids is 2. The second kappa shape index (κ2) is 9.67. The molecule has 0 fully saturated rings. The van der Waals surface area contributed by atoms with Gasteiger partial charge in [-0.05, 0) is 45.0 Å². The number of nitrogens with one attached hydrogen (secondary N) is 1. The van der Waals surface area contributed by atoms with E-state index in [2.05, 4.69) is 18.7 Å². The molecule has 0 aromatic heterocycles. The minimum Gasteiger partial charge on any atom is -0.372 e. The SMILES string of the molecule is CCN(CC)c1ccc(C(=O)[C@H](C)/C=C(C)/C=C/C(=O)NO)cc1. The zero-order valence-electron chi connectivity index (χ0n) is 14.7. The van der Waals surface area contributed by atoms with E-state index in [1.54, 1.807) is 19.1 Å². The molecule has 0 aliphatic rings. The largest absolute Gasteiger partial charge is 0.372 e. The maximum absolute atomic E-state index is 12.5. The highest BCUT2D eigenvalue weighted by atomic mass is 16.5. The van der Waals surface area contributed by atoms with Crippen LogP contribution in [0.5, 0.6) is 0 Å². The van der Waals surface area contributed by atoms with E-state index >= 15 is 0 Å². The number of ketones is 1. The van der Waals surface area contributed by atoms with Gasteiger partial charge in [-0.3, -0.25) is 14.8 Å². The Kier molecular flexibility index (Phi) is 7.92. The number of rotatable bonds is 8. The lowest BCUT2D eigenvalue weighted by Gasteiger charge is -2.21. The predicted molar refractivity (Wildman–Crippen MR) is 96.3 cm³/mol. The van der Waals surface area contributed by atoms with Crippen molar-refractivity contribution in [3.05, 3.63) is 53.6 Å². The molecule has 0 saturated heterocycles. The summed E-state index contributed by atoms with van der Waals surface area (Å²) in [5.74, 6) is -0.875. The first-order valence-corrected chi connectivity index (χ1v) is 8.12. The molecule has 5 heteroatoms. The minimum absolute atomic E-state index is 0.0282. The van der Waals surface area contributed by atoms with Gasteiger partial charge in [0.15, 0.2) is 5.78 Å². The van der Waals surface area contributed by atoms with Gasteiger partial charge >= 0.3 is 0 Å². The van der Waals surface area contributed by atoms with E-state index in [0.29, 0.717) is 5.56 Å². The summed E-state index contributed by atoms with van der Waals surface area (Å²) < 4.78 is 0. The van der Waals surface area contributed by atoms with Gasteiger partial charge in [-0.1, -0.05) is 24.6 Å². The first kappa shape index (κ1) is 19.6. The van der Waals surface area contributed by atoms with Crippen LogP contribution in [0, 0.1) is 5.92 Å². The average molecular weight is 330 g/mol. The van der Waals surface area contributed by atoms with E-state index in [1.165, 1.54) is 11.6 Å². The average Bonchev–Trinajstić information content (AvgIpc) is 2.60. The highest BCUT2D eigenvalue weighted by Gasteiger charge is 2.13. The summed E-state index contributed by atoms with van der Waals surface area (Å²) in [6.45, 7) is 9.68. The summed E-state index contributed by atoms with van der Waals surface area (Å²) >= 11 is 0. The molecule has 1 aromatic carbocycles. The molecule has 0 bridgehead atoms. The summed E-state index contributed by atoms with van der Waals surface area (Å²) in [5, 5.41) is 8.44. The highest BCUT2D eigenvalue weighted by molar-refractivity contribution is 5.99. The summed E-state index contributed by atoms with van der Waals surface area (Å²) in [5.41, 5.74) is 4.07. The summed E-state index contributed by atoms with van der Waals surface area (Å²) in [6.07, 6.45) is 4.56. The second-order valence-electron chi connectivity index (χ2n) is 5.59. The van der Waals surface area contributed by atoms with E-state index in [9.17, 15) is 9.59 Å². The molecule has 1 atom stereocenters. The van der Waals surface area contributed by atoms with Crippen LogP contribution in [-0.2, 0) is 4.79 Å². The predicted octanol–water partition coefficient (Wildman–Crippen LogP) is 3.36. The number of nitrogens with zero attached hydrogens (tertiary/aromatic N) is 1. The second-order valence-corrected chi connectivity index (χ2v) is 5.59. The third-order valence-corrected chi connectivity index (χ3v) is 3.81. The molecule has 0 saturated carbocycles. The molecule has 0 heterocycles. The van der Waals surface area contributed by atoms with Crippen molar-refractivity contribution < 1.29 is 14.8 Å². The van der Waals surface area contributed by atoms with Crippen LogP contribution >= 0.6 is 0 Å². The van der Waals surface area contributed by atoms with Crippen LogP contribution in [0.4, 0.5) is 5.69 Å². The third kappa shape index (κ3) is 5.66. The van der Waals surface area contributed by atoms with Crippen molar-refractivity contribution in [1.29, 1.82) is 0 Å². The topological polar surface area (TPSA) is 69.6 Å². The zero-order valence-corrected chi connectivity index (χ0v) is 14.7. The first-order chi connectivity index (χ1) is 11.4. The third-order valence-electron chi connectivity index (χ3n) is 3.81. The quantitative estimate of drug-likeness (QED) is 0.252. The Hall–Kier alpha value is -2.40. The van der Waals surface area contributed by atoms with Crippen molar-refractivity contribution in [2.75, 3.05) is 18.0 Å². The van der Waals surface area contributed by atoms with Crippen LogP contribution < -0.4 is 10.4 Å². The van der Waals surface area contributed by atoms with Crippen LogP contribution in [0.2, 0.25) is 0 Å². The molecule has 1 aromatic rings. The maximum Gasteiger partial charge on any atom is 0.267 e. The summed E-state index contributed by atoms with van der Waals surface area (Å²) in [6, 6.07) is 7.64. The number of anilines is 1. The molecule has 0 radical (unpaired) electrons. The molecular weight excluding hydrogens is 304 g/mol. The smallest absolute Gasteiger partial charge is 0.267 e. The van der Waals surface area contributed by atoms with E-state index in [-0.39, 0.29) is 11.7 Å². The van der Waals surface area contributed by atoms with Crippen LogP contribution in [0.15, 0.2) is 48.1 Å². The van der Waals surface area contributed by atoms with Gasteiger partial charge in [0.25, 0.3) is 5.91 Å². The van der Waals surface area contributed by atoms with Gasteiger partial charge in [-0.2, -0.15) is 0 Å². The molecular formula is C19H26N2O3. The van der Waals surface area contributed by atoms with Gasteiger partial charge < -0.3 is 4.90 Å². The van der Waals surface area contributed by atoms with Crippen molar-refractivity contribution >= 4 is 17.4 Å². The summed E-state index contributed by atoms with van der Waals surface area (Å²) in [7, 11) is 0. The van der Waals surface area contributed by atoms with Crippen LogP contribution in [0.1, 0.15) is 38.1 Å². The van der Waals surface area contributed by atoms with Crippen molar-refractivity contribution in [3.63, 3.8) is 0 Å². The van der Waals surface area contributed by atoms with Gasteiger partial charge in [0, 0.05) is 36.3 Å². The maximum atomic E-state index is 12.5. The zero-order chi connectivity index (χ0) is 18.1. The molecule has 1 amide bonds. The van der Waals surface area contributed by atoms with E-state index in [1.807, 2.05) is 31.2 Å². The highest BCUT2D eigenvalue weighted by Crippen LogP contribution is 2.18. The molecule has 24 heavy (non-hydrogen) atoms. The molecule has 0 unspecified atom stereocenters. The standard InChI is InChI=1S/C19H26N2O3/c1-5-21(6-2)17-10-8-16(9-11-17)19(23)15(4)13-14(3)7-12-18(22)20-24/h7-13,15,24H,5-6H2,1-4H3,(H,20,22)/b12-7+,14-13+/t15-/m1/s1. The van der Waals surface area contributed by atoms with Gasteiger partial charge in [-0.15, -0.1) is 0 Å². The number of hydrogen-bond acceptors (Lipinski definition) is 4. The Morgan fingerprint density at radius 1 is 1.17 bits per heavy atom. The Morgan fingerprint density at radius 2 is 1.75 bits per heavy atom. The lowest BCUT2D eigenvalue weighted by molar-refractivity contribution is -0.124. The van der Waals surface area contributed by atoms with E-state index in [0.717, 1.165) is 24.4 Å². The van der Waals surface area contributed by atoms with Crippen LogP contribution in [0.3, 0.4) is 0 Å². The Labute approximate surface area is 143 Å². The van der Waals surface area contributed by atoms with Gasteiger partial charge in [0.05, 0.1) is 0 Å². The van der Waals surface area contributed by atoms with Crippen molar-refractivity contribution in [1.82, 2.24) is 5.48 Å². The lowest BCUT2D eigenvalue weighted by Crippen LogP contribution is -2.21. The van der Waals surface area contributed by atoms with Gasteiger partial charge in [0.2, 0.25) is 0 Å². The fraction of sp³-hybridized carbons (Fsp3) is 0.368. The lowest BCUT2D eigenvalue weighted by atomic mass is 9.97. The monoisotopic (exact) mass is 330 g/mol.